The number of anilines is 2. The Kier molecular flexibility index (Phi) is 3.44. The van der Waals surface area contributed by atoms with Crippen LogP contribution < -0.4 is 10.0 Å². The Labute approximate surface area is 131 Å². The topological polar surface area (TPSA) is 68.3 Å². The lowest BCUT2D eigenvalue weighted by molar-refractivity contribution is 0.583. The second kappa shape index (κ2) is 5.05. The molecule has 0 bridgehead atoms. The second-order valence-electron chi connectivity index (χ2n) is 5.96. The summed E-state index contributed by atoms with van der Waals surface area (Å²) in [5.41, 5.74) is 9.84. The van der Waals surface area contributed by atoms with Crippen molar-refractivity contribution in [2.24, 2.45) is 7.05 Å². The van der Waals surface area contributed by atoms with Crippen molar-refractivity contribution >= 4 is 21.5 Å². The predicted octanol–water partition coefficient (Wildman–Crippen LogP) is 2.38. The average Bonchev–Trinajstić information content (AvgIpc) is 3.03. The van der Waals surface area contributed by atoms with Crippen LogP contribution in [0.4, 0.5) is 11.5 Å². The molecular weight excluding hydrogens is 298 g/mol. The van der Waals surface area contributed by atoms with Crippen molar-refractivity contribution < 1.29 is 8.42 Å². The summed E-state index contributed by atoms with van der Waals surface area (Å²) in [6.07, 6.45) is 0.745. The molecule has 1 aromatic carbocycles. The summed E-state index contributed by atoms with van der Waals surface area (Å²) >= 11 is 0. The van der Waals surface area contributed by atoms with E-state index in [1.807, 2.05) is 35.9 Å². The molecule has 1 aliphatic heterocycles. The molecule has 22 heavy (non-hydrogen) atoms. The average molecular weight is 319 g/mol. The highest BCUT2D eigenvalue weighted by Crippen LogP contribution is 2.35. The number of benzene rings is 1. The molecule has 0 saturated carbocycles. The maximum absolute atomic E-state index is 12.4. The van der Waals surface area contributed by atoms with Crippen LogP contribution in [-0.4, -0.2) is 24.8 Å². The third-order valence-corrected chi connectivity index (χ3v) is 6.48. The highest BCUT2D eigenvalue weighted by molar-refractivity contribution is 7.93. The Morgan fingerprint density at radius 3 is 2.50 bits per heavy atom. The van der Waals surface area contributed by atoms with Gasteiger partial charge in [0, 0.05) is 19.3 Å². The predicted molar refractivity (Wildman–Crippen MR) is 90.4 cm³/mol. The lowest BCUT2D eigenvalue weighted by atomic mass is 10.1. The first kappa shape index (κ1) is 15.0. The van der Waals surface area contributed by atoms with E-state index in [1.165, 1.54) is 4.31 Å². The van der Waals surface area contributed by atoms with Gasteiger partial charge in [-0.1, -0.05) is 6.07 Å². The molecule has 0 saturated heterocycles. The number of fused-ring (bicyclic) bond motifs is 1. The van der Waals surface area contributed by atoms with Gasteiger partial charge >= 0.3 is 0 Å². The number of aromatic nitrogens is 1. The lowest BCUT2D eigenvalue weighted by Crippen LogP contribution is -2.34. The van der Waals surface area contributed by atoms with Crippen LogP contribution in [0, 0.1) is 0 Å². The molecule has 0 unspecified atom stereocenters. The van der Waals surface area contributed by atoms with Gasteiger partial charge in [-0.25, -0.2) is 8.42 Å². The number of sulfonamides is 1. The summed E-state index contributed by atoms with van der Waals surface area (Å²) in [5.74, 6) is 0.708. The Morgan fingerprint density at radius 2 is 1.91 bits per heavy atom. The molecule has 2 aromatic rings. The maximum Gasteiger partial charge on any atom is 0.237 e. The van der Waals surface area contributed by atoms with E-state index in [0.29, 0.717) is 12.4 Å². The lowest BCUT2D eigenvalue weighted by Gasteiger charge is -2.22. The van der Waals surface area contributed by atoms with Gasteiger partial charge in [-0.3, -0.25) is 4.31 Å². The SMILES string of the molecule is CC(C)S(=O)(=O)N1CCc2cc(-c3ccc(N)n3C)ccc21. The number of nitrogens with zero attached hydrogens (tertiary/aromatic N) is 2. The van der Waals surface area contributed by atoms with Crippen LogP contribution in [0.3, 0.4) is 0 Å². The summed E-state index contributed by atoms with van der Waals surface area (Å²) in [7, 11) is -1.34. The van der Waals surface area contributed by atoms with Crippen LogP contribution in [-0.2, 0) is 23.5 Å². The van der Waals surface area contributed by atoms with Gasteiger partial charge in [-0.2, -0.15) is 0 Å². The largest absolute Gasteiger partial charge is 0.385 e. The highest BCUT2D eigenvalue weighted by Gasteiger charge is 2.31. The van der Waals surface area contributed by atoms with E-state index in [0.717, 1.165) is 28.9 Å². The van der Waals surface area contributed by atoms with Gasteiger partial charge in [0.2, 0.25) is 10.0 Å². The van der Waals surface area contributed by atoms with Gasteiger partial charge in [0.25, 0.3) is 0 Å². The molecule has 0 spiro atoms. The molecular formula is C16H21N3O2S. The standard InChI is InChI=1S/C16H21N3O2S/c1-11(2)22(20,21)19-9-8-13-10-12(4-5-15(13)19)14-6-7-16(17)18(14)3/h4-7,10-11H,8-9,17H2,1-3H3. The number of rotatable bonds is 3. The fourth-order valence-corrected chi connectivity index (χ4v) is 4.17. The van der Waals surface area contributed by atoms with E-state index in [1.54, 1.807) is 13.8 Å². The first-order valence-electron chi connectivity index (χ1n) is 7.38. The van der Waals surface area contributed by atoms with Crippen LogP contribution in [0.1, 0.15) is 19.4 Å². The zero-order valence-corrected chi connectivity index (χ0v) is 13.9. The number of nitrogens with two attached hydrogens (primary N) is 1. The summed E-state index contributed by atoms with van der Waals surface area (Å²) in [6.45, 7) is 3.96. The number of hydrogen-bond acceptors (Lipinski definition) is 3. The fraction of sp³-hybridized carbons (Fsp3) is 0.375. The fourth-order valence-electron chi connectivity index (χ4n) is 2.87. The van der Waals surface area contributed by atoms with Gasteiger partial charge in [-0.15, -0.1) is 0 Å². The van der Waals surface area contributed by atoms with Crippen LogP contribution in [0.5, 0.6) is 0 Å². The molecule has 5 nitrogen and oxygen atoms in total. The van der Waals surface area contributed by atoms with Crippen molar-refractivity contribution in [3.05, 3.63) is 35.9 Å². The minimum atomic E-state index is -3.26. The molecule has 6 heteroatoms. The van der Waals surface area contributed by atoms with Gasteiger partial charge < -0.3 is 10.3 Å². The molecule has 2 N–H and O–H groups in total. The number of hydrogen-bond donors (Lipinski definition) is 1. The summed E-state index contributed by atoms with van der Waals surface area (Å²) in [4.78, 5) is 0. The molecule has 0 fully saturated rings. The smallest absolute Gasteiger partial charge is 0.237 e. The molecule has 0 aliphatic carbocycles. The van der Waals surface area contributed by atoms with E-state index in [-0.39, 0.29) is 0 Å². The third-order valence-electron chi connectivity index (χ3n) is 4.29. The normalized spacial score (nSPS) is 14.6. The quantitative estimate of drug-likeness (QED) is 0.944. The van der Waals surface area contributed by atoms with Crippen molar-refractivity contribution in [2.45, 2.75) is 25.5 Å². The third kappa shape index (κ3) is 2.18. The minimum Gasteiger partial charge on any atom is -0.385 e. The monoisotopic (exact) mass is 319 g/mol. The minimum absolute atomic E-state index is 0.411. The molecule has 118 valence electrons. The Morgan fingerprint density at radius 1 is 1.18 bits per heavy atom. The van der Waals surface area contributed by atoms with Crippen molar-refractivity contribution in [3.63, 3.8) is 0 Å². The van der Waals surface area contributed by atoms with Gasteiger partial charge in [0.1, 0.15) is 5.82 Å². The Balaban J connectivity index is 2.03. The number of nitrogen functional groups attached to an aromatic ring is 1. The molecule has 1 aliphatic rings. The van der Waals surface area contributed by atoms with Gasteiger partial charge in [0.15, 0.2) is 0 Å². The van der Waals surface area contributed by atoms with E-state index >= 15 is 0 Å². The van der Waals surface area contributed by atoms with Crippen LogP contribution in [0.2, 0.25) is 0 Å². The maximum atomic E-state index is 12.4. The highest BCUT2D eigenvalue weighted by atomic mass is 32.2. The molecule has 0 amide bonds. The Hall–Kier alpha value is -1.95. The van der Waals surface area contributed by atoms with Crippen molar-refractivity contribution in [1.82, 2.24) is 4.57 Å². The molecule has 1 aromatic heterocycles. The zero-order valence-electron chi connectivity index (χ0n) is 13.1. The summed E-state index contributed by atoms with van der Waals surface area (Å²) in [5, 5.41) is -0.411. The first-order valence-corrected chi connectivity index (χ1v) is 8.88. The van der Waals surface area contributed by atoms with Crippen molar-refractivity contribution in [2.75, 3.05) is 16.6 Å². The van der Waals surface area contributed by atoms with Gasteiger partial charge in [0.05, 0.1) is 10.9 Å². The molecule has 0 atom stereocenters. The van der Waals surface area contributed by atoms with Gasteiger partial charge in [-0.05, 0) is 55.7 Å². The first-order chi connectivity index (χ1) is 10.3. The zero-order chi connectivity index (χ0) is 16.1. The van der Waals surface area contributed by atoms with E-state index < -0.39 is 15.3 Å². The van der Waals surface area contributed by atoms with E-state index in [4.69, 9.17) is 5.73 Å². The van der Waals surface area contributed by atoms with E-state index in [2.05, 4.69) is 6.07 Å². The van der Waals surface area contributed by atoms with Crippen molar-refractivity contribution in [1.29, 1.82) is 0 Å². The molecule has 0 radical (unpaired) electrons. The Bertz CT molecular complexity index is 822. The van der Waals surface area contributed by atoms with E-state index in [9.17, 15) is 8.42 Å². The second-order valence-corrected chi connectivity index (χ2v) is 8.38. The summed E-state index contributed by atoms with van der Waals surface area (Å²) in [6, 6.07) is 9.79. The molecule has 2 heterocycles. The van der Waals surface area contributed by atoms with Crippen LogP contribution in [0.25, 0.3) is 11.3 Å². The summed E-state index contributed by atoms with van der Waals surface area (Å²) < 4.78 is 28.3. The van der Waals surface area contributed by atoms with Crippen molar-refractivity contribution in [3.8, 4) is 11.3 Å². The van der Waals surface area contributed by atoms with Crippen LogP contribution in [0.15, 0.2) is 30.3 Å². The van der Waals surface area contributed by atoms with Crippen LogP contribution >= 0.6 is 0 Å². The molecule has 3 rings (SSSR count).